The van der Waals surface area contributed by atoms with Gasteiger partial charge in [0.15, 0.2) is 16.5 Å². The summed E-state index contributed by atoms with van der Waals surface area (Å²) in [4.78, 5) is 22.0. The van der Waals surface area contributed by atoms with E-state index in [1.165, 1.54) is 28.0 Å². The van der Waals surface area contributed by atoms with Gasteiger partial charge in [-0.2, -0.15) is 5.10 Å². The third kappa shape index (κ3) is 2.93. The lowest BCUT2D eigenvalue weighted by Crippen LogP contribution is -2.13. The first-order valence-electron chi connectivity index (χ1n) is 7.56. The summed E-state index contributed by atoms with van der Waals surface area (Å²) in [6.07, 6.45) is 3.23. The van der Waals surface area contributed by atoms with Crippen molar-refractivity contribution in [2.45, 2.75) is 6.92 Å². The lowest BCUT2D eigenvalue weighted by Gasteiger charge is -1.99. The van der Waals surface area contributed by atoms with Crippen LogP contribution in [-0.2, 0) is 0 Å². The quantitative estimate of drug-likeness (QED) is 0.571. The van der Waals surface area contributed by atoms with Crippen molar-refractivity contribution < 1.29 is 9.18 Å². The van der Waals surface area contributed by atoms with Crippen molar-refractivity contribution in [3.63, 3.8) is 0 Å². The van der Waals surface area contributed by atoms with E-state index in [0.717, 1.165) is 10.4 Å². The minimum atomic E-state index is -0.472. The number of nitrogens with zero attached hydrogens (tertiary/aromatic N) is 4. The normalized spacial score (nSPS) is 11.0. The topological polar surface area (TPSA) is 72.2 Å². The number of rotatable bonds is 3. The van der Waals surface area contributed by atoms with Crippen LogP contribution in [0, 0.1) is 12.7 Å². The van der Waals surface area contributed by atoms with Crippen molar-refractivity contribution in [3.8, 4) is 11.3 Å². The minimum Gasteiger partial charge on any atom is -0.296 e. The fourth-order valence-corrected chi connectivity index (χ4v) is 3.58. The van der Waals surface area contributed by atoms with Gasteiger partial charge in [-0.1, -0.05) is 11.6 Å². The Labute approximate surface area is 156 Å². The van der Waals surface area contributed by atoms with E-state index in [1.54, 1.807) is 30.6 Å². The molecule has 1 N–H and O–H groups in total. The van der Waals surface area contributed by atoms with Crippen molar-refractivity contribution >= 4 is 39.6 Å². The standard InChI is InChI=1S/C17H11ClFN5OS/c1-9-13(10-3-5-11(19)6-4-10)21-17(26-9)22-16(25)14-12(18)15-20-7-2-8-24(15)23-14/h2-8H,1H3,(H,21,22,25). The van der Waals surface area contributed by atoms with Crippen LogP contribution in [0.3, 0.4) is 0 Å². The molecule has 0 atom stereocenters. The predicted octanol–water partition coefficient (Wildman–Crippen LogP) is 4.21. The smallest absolute Gasteiger partial charge is 0.279 e. The number of anilines is 1. The van der Waals surface area contributed by atoms with Gasteiger partial charge in [-0.05, 0) is 37.3 Å². The molecule has 6 nitrogen and oxygen atoms in total. The number of aromatic nitrogens is 4. The maximum Gasteiger partial charge on any atom is 0.279 e. The zero-order valence-electron chi connectivity index (χ0n) is 13.4. The molecule has 4 aromatic rings. The number of amides is 1. The number of carbonyl (C=O) groups excluding carboxylic acids is 1. The molecule has 0 aliphatic rings. The first-order valence-corrected chi connectivity index (χ1v) is 8.76. The molecule has 0 saturated heterocycles. The number of benzene rings is 1. The summed E-state index contributed by atoms with van der Waals surface area (Å²) in [6, 6.07) is 7.73. The van der Waals surface area contributed by atoms with Crippen molar-refractivity contribution in [3.05, 3.63) is 64.1 Å². The SMILES string of the molecule is Cc1sc(NC(=O)c2nn3cccnc3c2Cl)nc1-c1ccc(F)cc1. The molecule has 9 heteroatoms. The zero-order valence-corrected chi connectivity index (χ0v) is 15.0. The summed E-state index contributed by atoms with van der Waals surface area (Å²) in [5.74, 6) is -0.787. The van der Waals surface area contributed by atoms with E-state index >= 15 is 0 Å². The molecule has 3 heterocycles. The summed E-state index contributed by atoms with van der Waals surface area (Å²) in [5.41, 5.74) is 1.94. The van der Waals surface area contributed by atoms with Crippen molar-refractivity contribution in [1.29, 1.82) is 0 Å². The Bertz CT molecular complexity index is 1120. The van der Waals surface area contributed by atoms with Gasteiger partial charge < -0.3 is 0 Å². The molecule has 0 aliphatic heterocycles. The van der Waals surface area contributed by atoms with Crippen LogP contribution in [0.15, 0.2) is 42.7 Å². The molecular formula is C17H11ClFN5OS. The van der Waals surface area contributed by atoms with Crippen molar-refractivity contribution in [2.75, 3.05) is 5.32 Å². The predicted molar refractivity (Wildman–Crippen MR) is 98.2 cm³/mol. The van der Waals surface area contributed by atoms with Crippen LogP contribution in [-0.4, -0.2) is 25.5 Å². The highest BCUT2D eigenvalue weighted by molar-refractivity contribution is 7.16. The average molecular weight is 388 g/mol. The van der Waals surface area contributed by atoms with Gasteiger partial charge >= 0.3 is 0 Å². The maximum atomic E-state index is 13.1. The second-order valence-corrected chi connectivity index (χ2v) is 7.02. The van der Waals surface area contributed by atoms with E-state index < -0.39 is 5.91 Å². The fraction of sp³-hybridized carbons (Fsp3) is 0.0588. The van der Waals surface area contributed by atoms with Gasteiger partial charge in [0.25, 0.3) is 5.91 Å². The minimum absolute atomic E-state index is 0.0709. The van der Waals surface area contributed by atoms with Gasteiger partial charge in [0.2, 0.25) is 0 Å². The van der Waals surface area contributed by atoms with Crippen LogP contribution < -0.4 is 5.32 Å². The van der Waals surface area contributed by atoms with Crippen LogP contribution in [0.4, 0.5) is 9.52 Å². The Morgan fingerprint density at radius 1 is 1.31 bits per heavy atom. The molecular weight excluding hydrogens is 377 g/mol. The molecule has 0 bridgehead atoms. The van der Waals surface area contributed by atoms with Gasteiger partial charge in [0.05, 0.1) is 5.69 Å². The van der Waals surface area contributed by atoms with Gasteiger partial charge in [0.1, 0.15) is 10.8 Å². The number of carbonyl (C=O) groups is 1. The number of thiazole rings is 1. The van der Waals surface area contributed by atoms with Gasteiger partial charge in [-0.15, -0.1) is 11.3 Å². The van der Waals surface area contributed by atoms with E-state index in [9.17, 15) is 9.18 Å². The highest BCUT2D eigenvalue weighted by Gasteiger charge is 2.20. The molecule has 0 fully saturated rings. The highest BCUT2D eigenvalue weighted by atomic mass is 35.5. The van der Waals surface area contributed by atoms with Crippen molar-refractivity contribution in [1.82, 2.24) is 19.6 Å². The molecule has 0 aliphatic carbocycles. The Kier molecular flexibility index (Phi) is 4.14. The maximum absolute atomic E-state index is 13.1. The van der Waals surface area contributed by atoms with Crippen LogP contribution in [0.25, 0.3) is 16.9 Å². The van der Waals surface area contributed by atoms with Gasteiger partial charge in [-0.3, -0.25) is 10.1 Å². The largest absolute Gasteiger partial charge is 0.296 e. The first kappa shape index (κ1) is 16.6. The number of hydrogen-bond acceptors (Lipinski definition) is 5. The molecule has 0 radical (unpaired) electrons. The van der Waals surface area contributed by atoms with Crippen LogP contribution in [0.2, 0.25) is 5.02 Å². The fourth-order valence-electron chi connectivity index (χ4n) is 2.49. The average Bonchev–Trinajstić information content (AvgIpc) is 3.16. The molecule has 130 valence electrons. The summed E-state index contributed by atoms with van der Waals surface area (Å²) < 4.78 is 14.5. The van der Waals surface area contributed by atoms with Gasteiger partial charge in [0, 0.05) is 22.8 Å². The summed E-state index contributed by atoms with van der Waals surface area (Å²) in [5, 5.41) is 7.45. The van der Waals surface area contributed by atoms with E-state index in [0.29, 0.717) is 16.5 Å². The molecule has 1 amide bonds. The summed E-state index contributed by atoms with van der Waals surface area (Å²) >= 11 is 7.53. The molecule has 1 aromatic carbocycles. The van der Waals surface area contributed by atoms with E-state index in [4.69, 9.17) is 11.6 Å². The lowest BCUT2D eigenvalue weighted by atomic mass is 10.1. The molecule has 3 aromatic heterocycles. The number of fused-ring (bicyclic) bond motifs is 1. The number of aryl methyl sites for hydroxylation is 1. The van der Waals surface area contributed by atoms with E-state index in [2.05, 4.69) is 20.4 Å². The van der Waals surface area contributed by atoms with Crippen LogP contribution in [0.5, 0.6) is 0 Å². The Balaban J connectivity index is 1.63. The first-order chi connectivity index (χ1) is 12.5. The molecule has 4 rings (SSSR count). The Morgan fingerprint density at radius 2 is 2.08 bits per heavy atom. The Morgan fingerprint density at radius 3 is 2.81 bits per heavy atom. The summed E-state index contributed by atoms with van der Waals surface area (Å²) in [7, 11) is 0. The monoisotopic (exact) mass is 387 g/mol. The third-order valence-electron chi connectivity index (χ3n) is 3.69. The highest BCUT2D eigenvalue weighted by Crippen LogP contribution is 2.31. The second kappa shape index (κ2) is 6.47. The number of hydrogen-bond donors (Lipinski definition) is 1. The third-order valence-corrected chi connectivity index (χ3v) is 4.92. The number of halogens is 2. The van der Waals surface area contributed by atoms with Crippen molar-refractivity contribution in [2.24, 2.45) is 0 Å². The molecule has 0 saturated carbocycles. The zero-order chi connectivity index (χ0) is 18.3. The molecule has 26 heavy (non-hydrogen) atoms. The van der Waals surface area contributed by atoms with E-state index in [-0.39, 0.29) is 16.5 Å². The van der Waals surface area contributed by atoms with E-state index in [1.807, 2.05) is 6.92 Å². The molecule has 0 unspecified atom stereocenters. The summed E-state index contributed by atoms with van der Waals surface area (Å²) in [6.45, 7) is 1.88. The van der Waals surface area contributed by atoms with Crippen LogP contribution >= 0.6 is 22.9 Å². The lowest BCUT2D eigenvalue weighted by molar-refractivity contribution is 0.102. The second-order valence-electron chi connectivity index (χ2n) is 5.44. The number of nitrogens with one attached hydrogen (secondary N) is 1. The van der Waals surface area contributed by atoms with Crippen LogP contribution in [0.1, 0.15) is 15.4 Å². The van der Waals surface area contributed by atoms with Gasteiger partial charge in [-0.25, -0.2) is 18.9 Å². The Hall–Kier alpha value is -2.84. The molecule has 0 spiro atoms.